The molecule has 2 aromatic heterocycles. The van der Waals surface area contributed by atoms with Crippen molar-refractivity contribution in [2.45, 2.75) is 19.5 Å². The largest absolute Gasteiger partial charge is 0.377 e. The normalized spacial score (nSPS) is 14.8. The molecule has 1 N–H and O–H groups in total. The van der Waals surface area contributed by atoms with E-state index in [1.54, 1.807) is 18.5 Å². The van der Waals surface area contributed by atoms with Crippen LogP contribution in [0.4, 0.5) is 0 Å². The summed E-state index contributed by atoms with van der Waals surface area (Å²) >= 11 is 0. The second-order valence-electron chi connectivity index (χ2n) is 4.73. The van der Waals surface area contributed by atoms with Crippen LogP contribution in [0.25, 0.3) is 5.57 Å². The number of hydrogen-bond acceptors (Lipinski definition) is 6. The maximum Gasteiger partial charge on any atom is 0.141 e. The van der Waals surface area contributed by atoms with Crippen LogP contribution < -0.4 is 5.32 Å². The smallest absolute Gasteiger partial charge is 0.141 e. The highest BCUT2D eigenvalue weighted by molar-refractivity contribution is 5.62. The van der Waals surface area contributed by atoms with Gasteiger partial charge in [0, 0.05) is 18.9 Å². The predicted octanol–water partition coefficient (Wildman–Crippen LogP) is 1.36. The molecule has 1 aliphatic heterocycles. The van der Waals surface area contributed by atoms with Crippen LogP contribution in [0.5, 0.6) is 0 Å². The van der Waals surface area contributed by atoms with Crippen LogP contribution in [-0.4, -0.2) is 33.4 Å². The van der Waals surface area contributed by atoms with Crippen LogP contribution in [0.15, 0.2) is 36.7 Å². The number of hydrogen-bond donors (Lipinski definition) is 1. The van der Waals surface area contributed by atoms with Crippen LogP contribution in [-0.2, 0) is 17.8 Å². The van der Waals surface area contributed by atoms with Crippen molar-refractivity contribution >= 4 is 5.57 Å². The van der Waals surface area contributed by atoms with E-state index < -0.39 is 0 Å². The summed E-state index contributed by atoms with van der Waals surface area (Å²) < 4.78 is 5.29. The summed E-state index contributed by atoms with van der Waals surface area (Å²) in [6.45, 7) is 2.69. The summed E-state index contributed by atoms with van der Waals surface area (Å²) in [4.78, 5) is 8.31. The zero-order chi connectivity index (χ0) is 14.3. The van der Waals surface area contributed by atoms with Gasteiger partial charge in [-0.15, -0.1) is 0 Å². The minimum absolute atomic E-state index is 0.618. The molecule has 0 saturated carbocycles. The Bertz CT molecular complexity index is 597. The van der Waals surface area contributed by atoms with Gasteiger partial charge in [0.05, 0.1) is 31.1 Å². The van der Waals surface area contributed by atoms with Crippen molar-refractivity contribution in [2.24, 2.45) is 0 Å². The molecule has 21 heavy (non-hydrogen) atoms. The molecule has 0 amide bonds. The third-order valence-corrected chi connectivity index (χ3v) is 3.22. The molecule has 2 aromatic rings. The van der Waals surface area contributed by atoms with Crippen molar-refractivity contribution in [2.75, 3.05) is 13.2 Å². The summed E-state index contributed by atoms with van der Waals surface area (Å²) in [5.41, 5.74) is 3.06. The van der Waals surface area contributed by atoms with E-state index in [1.165, 1.54) is 5.57 Å². The Labute approximate surface area is 123 Å². The average molecular weight is 283 g/mol. The summed E-state index contributed by atoms with van der Waals surface area (Å²) in [5, 5.41) is 11.8. The third-order valence-electron chi connectivity index (χ3n) is 3.22. The molecule has 0 unspecified atom stereocenters. The summed E-state index contributed by atoms with van der Waals surface area (Å²) in [6, 6.07) is 5.82. The lowest BCUT2D eigenvalue weighted by Crippen LogP contribution is -2.16. The number of rotatable bonds is 5. The lowest BCUT2D eigenvalue weighted by atomic mass is 10.1. The molecule has 3 rings (SSSR count). The van der Waals surface area contributed by atoms with Gasteiger partial charge >= 0.3 is 0 Å². The van der Waals surface area contributed by atoms with Gasteiger partial charge < -0.3 is 10.1 Å². The van der Waals surface area contributed by atoms with Crippen molar-refractivity contribution in [3.8, 4) is 0 Å². The van der Waals surface area contributed by atoms with Crippen molar-refractivity contribution < 1.29 is 4.74 Å². The molecule has 108 valence electrons. The van der Waals surface area contributed by atoms with Crippen LogP contribution >= 0.6 is 0 Å². The number of aromatic nitrogens is 4. The van der Waals surface area contributed by atoms with Gasteiger partial charge in [0.15, 0.2) is 0 Å². The van der Waals surface area contributed by atoms with Gasteiger partial charge in [0.25, 0.3) is 0 Å². The van der Waals surface area contributed by atoms with E-state index in [0.717, 1.165) is 30.2 Å². The van der Waals surface area contributed by atoms with E-state index in [2.05, 4.69) is 31.6 Å². The average Bonchev–Trinajstić information content (AvgIpc) is 2.57. The number of ether oxygens (including phenoxy) is 1. The van der Waals surface area contributed by atoms with E-state index >= 15 is 0 Å². The van der Waals surface area contributed by atoms with Crippen LogP contribution in [0.1, 0.15) is 23.6 Å². The van der Waals surface area contributed by atoms with E-state index in [-0.39, 0.29) is 0 Å². The van der Waals surface area contributed by atoms with Crippen LogP contribution in [0.2, 0.25) is 0 Å². The summed E-state index contributed by atoms with van der Waals surface area (Å²) in [6.07, 6.45) is 6.44. The molecule has 0 bridgehead atoms. The van der Waals surface area contributed by atoms with Crippen molar-refractivity contribution in [3.63, 3.8) is 0 Å². The van der Waals surface area contributed by atoms with Gasteiger partial charge in [-0.2, -0.15) is 10.2 Å². The molecule has 3 heterocycles. The highest BCUT2D eigenvalue weighted by Gasteiger charge is 2.08. The zero-order valence-electron chi connectivity index (χ0n) is 11.7. The first-order valence-electron chi connectivity index (χ1n) is 6.98. The first kappa shape index (κ1) is 13.8. The Kier molecular flexibility index (Phi) is 4.60. The van der Waals surface area contributed by atoms with E-state index in [9.17, 15) is 0 Å². The van der Waals surface area contributed by atoms with Gasteiger partial charge in [0.1, 0.15) is 5.82 Å². The highest BCUT2D eigenvalue weighted by Crippen LogP contribution is 2.18. The Hall–Kier alpha value is -2.18. The Morgan fingerprint density at radius 2 is 2.00 bits per heavy atom. The van der Waals surface area contributed by atoms with Gasteiger partial charge in [-0.1, -0.05) is 6.08 Å². The van der Waals surface area contributed by atoms with Crippen molar-refractivity contribution in [1.29, 1.82) is 0 Å². The summed E-state index contributed by atoms with van der Waals surface area (Å²) in [5.74, 6) is 0.773. The van der Waals surface area contributed by atoms with Crippen LogP contribution in [0, 0.1) is 0 Å². The molecule has 0 aromatic carbocycles. The second kappa shape index (κ2) is 7.01. The summed E-state index contributed by atoms with van der Waals surface area (Å²) in [7, 11) is 0. The van der Waals surface area contributed by atoms with Gasteiger partial charge in [-0.05, 0) is 30.2 Å². The third kappa shape index (κ3) is 3.90. The fraction of sp³-hybridized carbons (Fsp3) is 0.333. The quantitative estimate of drug-likeness (QED) is 0.893. The van der Waals surface area contributed by atoms with Gasteiger partial charge in [-0.25, -0.2) is 9.97 Å². The van der Waals surface area contributed by atoms with Crippen LogP contribution in [0.3, 0.4) is 0 Å². The van der Waals surface area contributed by atoms with Gasteiger partial charge in [0.2, 0.25) is 0 Å². The highest BCUT2D eigenvalue weighted by atomic mass is 16.5. The maximum absolute atomic E-state index is 5.29. The Morgan fingerprint density at radius 1 is 1.10 bits per heavy atom. The SMILES string of the molecule is C1=C(c2ccc(CNCc3ncccn3)nn2)CCOC1. The Morgan fingerprint density at radius 3 is 2.71 bits per heavy atom. The zero-order valence-corrected chi connectivity index (χ0v) is 11.7. The molecule has 6 heteroatoms. The molecule has 1 aliphatic rings. The molecule has 0 spiro atoms. The van der Waals surface area contributed by atoms with Crippen molar-refractivity contribution in [1.82, 2.24) is 25.5 Å². The van der Waals surface area contributed by atoms with E-state index in [0.29, 0.717) is 19.7 Å². The Balaban J connectivity index is 1.54. The monoisotopic (exact) mass is 283 g/mol. The molecule has 0 saturated heterocycles. The van der Waals surface area contributed by atoms with Gasteiger partial charge in [-0.3, -0.25) is 0 Å². The first-order valence-corrected chi connectivity index (χ1v) is 6.98. The van der Waals surface area contributed by atoms with Crippen molar-refractivity contribution in [3.05, 3.63) is 53.9 Å². The molecule has 0 atom stereocenters. The molecule has 0 radical (unpaired) electrons. The molecule has 0 fully saturated rings. The lowest BCUT2D eigenvalue weighted by Gasteiger charge is -2.12. The van der Waals surface area contributed by atoms with E-state index in [1.807, 2.05) is 12.1 Å². The standard InChI is InChI=1S/C15H17N5O/c1-6-17-15(18-7-1)11-16-10-13-2-3-14(20-19-13)12-4-8-21-9-5-12/h1-4,6-7,16H,5,8-11H2. The fourth-order valence-electron chi connectivity index (χ4n) is 2.11. The minimum Gasteiger partial charge on any atom is -0.377 e. The molecule has 0 aliphatic carbocycles. The number of nitrogens with zero attached hydrogens (tertiary/aromatic N) is 4. The molecular weight excluding hydrogens is 266 g/mol. The molecule has 6 nitrogen and oxygen atoms in total. The fourth-order valence-corrected chi connectivity index (χ4v) is 2.11. The lowest BCUT2D eigenvalue weighted by molar-refractivity contribution is 0.161. The van der Waals surface area contributed by atoms with E-state index in [4.69, 9.17) is 4.74 Å². The predicted molar refractivity (Wildman–Crippen MR) is 78.0 cm³/mol. The topological polar surface area (TPSA) is 72.8 Å². The first-order chi connectivity index (χ1) is 10.4. The second-order valence-corrected chi connectivity index (χ2v) is 4.73. The maximum atomic E-state index is 5.29. The molecular formula is C15H17N5O. The minimum atomic E-state index is 0.618. The number of nitrogens with one attached hydrogen (secondary N) is 1.